The molecule has 1 saturated carbocycles. The van der Waals surface area contributed by atoms with Gasteiger partial charge in [0.1, 0.15) is 36.6 Å². The van der Waals surface area contributed by atoms with Gasteiger partial charge in [-0.15, -0.1) is 11.3 Å². The summed E-state index contributed by atoms with van der Waals surface area (Å²) in [5.41, 5.74) is 4.11. The van der Waals surface area contributed by atoms with E-state index in [0.29, 0.717) is 28.4 Å². The molecule has 5 N–H and O–H groups in total. The zero-order valence-corrected chi connectivity index (χ0v) is 42.7. The second-order valence-electron chi connectivity index (χ2n) is 20.4. The summed E-state index contributed by atoms with van der Waals surface area (Å²) < 4.78 is 12.1. The lowest BCUT2D eigenvalue weighted by Crippen LogP contribution is -2.74. The molecule has 16 nitrogen and oxygen atoms in total. The smallest absolute Gasteiger partial charge is 0.251 e. The van der Waals surface area contributed by atoms with Gasteiger partial charge in [0.25, 0.3) is 5.91 Å². The van der Waals surface area contributed by atoms with Crippen LogP contribution in [0.3, 0.4) is 0 Å². The van der Waals surface area contributed by atoms with Crippen LogP contribution in [-0.4, -0.2) is 137 Å². The molecular weight excluding hydrogens is 932 g/mol. The molecule has 4 aromatic rings. The summed E-state index contributed by atoms with van der Waals surface area (Å²) in [6, 6.07) is 19.6. The predicted octanol–water partition coefficient (Wildman–Crippen LogP) is 5.49. The Morgan fingerprint density at radius 3 is 2.26 bits per heavy atom. The Balaban J connectivity index is 0.831. The number of carbonyl (C=O) groups is 4. The van der Waals surface area contributed by atoms with E-state index < -0.39 is 47.6 Å². The fourth-order valence-corrected chi connectivity index (χ4v) is 11.4. The van der Waals surface area contributed by atoms with E-state index in [-0.39, 0.29) is 55.1 Å². The molecule has 18 heteroatoms. The largest absolute Gasteiger partial charge is 0.489 e. The zero-order chi connectivity index (χ0) is 50.7. The number of thiazole rings is 1. The number of anilines is 1. The minimum Gasteiger partial charge on any atom is -0.489 e. The SMILES string of the molecule is Cc1ncsc1-c1ccc([C@H](C)NC(=O)[C@@H]2C[C@@H](O)CN2C(=O)[C@@H](NC(=O)COCCN2CCN(c3ccc(C(=O)NC4C(C)(C)C(Oc5ccc(C#N)c(Cl)c5)C4(C)C)cc3)CC2)C(C)(C)O)cc1. The average Bonchev–Trinajstić information content (AvgIpc) is 3.95. The monoisotopic (exact) mass is 996 g/mol. The first-order valence-electron chi connectivity index (χ1n) is 23.7. The van der Waals surface area contributed by atoms with Gasteiger partial charge in [0.15, 0.2) is 0 Å². The Bertz CT molecular complexity index is 2550. The van der Waals surface area contributed by atoms with E-state index in [2.05, 4.69) is 64.5 Å². The predicted molar refractivity (Wildman–Crippen MR) is 269 cm³/mol. The third-order valence-electron chi connectivity index (χ3n) is 14.0. The lowest BCUT2D eigenvalue weighted by Gasteiger charge is -2.63. The summed E-state index contributed by atoms with van der Waals surface area (Å²) >= 11 is 7.81. The second kappa shape index (κ2) is 21.4. The molecule has 1 aliphatic carbocycles. The van der Waals surface area contributed by atoms with Crippen LogP contribution in [0.4, 0.5) is 5.69 Å². The topological polar surface area (TPSA) is 210 Å². The summed E-state index contributed by atoms with van der Waals surface area (Å²) in [4.78, 5) is 65.4. The summed E-state index contributed by atoms with van der Waals surface area (Å²) in [6.07, 6.45) is -1.16. The number of halogens is 1. The molecule has 374 valence electrons. The van der Waals surface area contributed by atoms with Crippen molar-refractivity contribution in [2.24, 2.45) is 10.8 Å². The van der Waals surface area contributed by atoms with Crippen LogP contribution in [0.15, 0.2) is 72.2 Å². The first kappa shape index (κ1) is 52.2. The number of aliphatic hydroxyl groups excluding tert-OH is 1. The number of nitrogens with zero attached hydrogens (tertiary/aromatic N) is 5. The Kier molecular flexibility index (Phi) is 16.0. The number of aromatic nitrogens is 1. The number of hydrogen-bond acceptors (Lipinski definition) is 13. The van der Waals surface area contributed by atoms with Crippen LogP contribution in [0.25, 0.3) is 10.4 Å². The van der Waals surface area contributed by atoms with Crippen molar-refractivity contribution in [1.29, 1.82) is 5.26 Å². The molecule has 0 spiro atoms. The number of carbonyl (C=O) groups excluding carboxylic acids is 4. The van der Waals surface area contributed by atoms with Gasteiger partial charge >= 0.3 is 0 Å². The Labute approximate surface area is 419 Å². The van der Waals surface area contributed by atoms with E-state index >= 15 is 0 Å². The van der Waals surface area contributed by atoms with Crippen LogP contribution in [0.5, 0.6) is 5.75 Å². The highest BCUT2D eigenvalue weighted by atomic mass is 35.5. The van der Waals surface area contributed by atoms with Gasteiger partial charge in [0.05, 0.1) is 51.0 Å². The average molecular weight is 998 g/mol. The van der Waals surface area contributed by atoms with Crippen LogP contribution in [0.2, 0.25) is 5.02 Å². The number of rotatable bonds is 17. The summed E-state index contributed by atoms with van der Waals surface area (Å²) in [5, 5.41) is 40.1. The molecule has 1 aromatic heterocycles. The van der Waals surface area contributed by atoms with Crippen molar-refractivity contribution in [3.63, 3.8) is 0 Å². The van der Waals surface area contributed by atoms with Crippen molar-refractivity contribution in [3.05, 3.63) is 99.6 Å². The maximum absolute atomic E-state index is 14.0. The molecule has 2 saturated heterocycles. The lowest BCUT2D eigenvalue weighted by molar-refractivity contribution is -0.164. The molecule has 3 heterocycles. The number of hydrogen-bond donors (Lipinski definition) is 5. The molecule has 0 unspecified atom stereocenters. The highest BCUT2D eigenvalue weighted by molar-refractivity contribution is 7.13. The minimum atomic E-state index is -1.70. The number of amides is 4. The highest BCUT2D eigenvalue weighted by Gasteiger charge is 2.64. The highest BCUT2D eigenvalue weighted by Crippen LogP contribution is 2.55. The fourth-order valence-electron chi connectivity index (χ4n) is 10.3. The normalized spacial score (nSPS) is 21.7. The molecule has 2 aliphatic heterocycles. The van der Waals surface area contributed by atoms with E-state index in [9.17, 15) is 34.7 Å². The van der Waals surface area contributed by atoms with Gasteiger partial charge in [-0.1, -0.05) is 63.6 Å². The van der Waals surface area contributed by atoms with E-state index in [1.807, 2.05) is 62.4 Å². The number of benzene rings is 3. The number of nitrogens with one attached hydrogen (secondary N) is 3. The fraction of sp³-hybridized carbons (Fsp3) is 0.500. The van der Waals surface area contributed by atoms with Crippen molar-refractivity contribution in [3.8, 4) is 22.3 Å². The molecule has 4 atom stereocenters. The molecule has 3 fully saturated rings. The Morgan fingerprint density at radius 2 is 1.66 bits per heavy atom. The molecular formula is C52H65ClN8O8S. The molecule has 0 bridgehead atoms. The summed E-state index contributed by atoms with van der Waals surface area (Å²) in [6.45, 7) is 18.3. The van der Waals surface area contributed by atoms with Crippen molar-refractivity contribution in [2.45, 2.75) is 104 Å². The molecule has 7 rings (SSSR count). The van der Waals surface area contributed by atoms with Crippen molar-refractivity contribution >= 4 is 52.3 Å². The quantitative estimate of drug-likeness (QED) is 0.0833. The van der Waals surface area contributed by atoms with Gasteiger partial charge in [-0.2, -0.15) is 5.26 Å². The van der Waals surface area contributed by atoms with Crippen LogP contribution >= 0.6 is 22.9 Å². The molecule has 4 amide bonds. The Hall–Kier alpha value is -5.61. The molecule has 3 aliphatic rings. The Morgan fingerprint density at radius 1 is 0.986 bits per heavy atom. The number of nitriles is 1. The summed E-state index contributed by atoms with van der Waals surface area (Å²) in [7, 11) is 0. The maximum Gasteiger partial charge on any atom is 0.251 e. The standard InChI is InChI=1S/C52H65ClN8O8S/c1-31(33-9-11-34(12-10-33)43-32(2)55-30-70-43)56-46(65)41-25-38(62)28-61(41)47(66)44(52(7,8)67)57-42(63)29-68-24-23-59-19-21-60(22-20-59)37-16-13-35(14-17-37)45(64)58-48-50(3,4)49(51(48,5)6)69-39-18-15-36(27-54)40(53)26-39/h9-18,26,30-31,38,41,44,48-49,62,67H,19-25,28-29H2,1-8H3,(H,56,65)(H,57,63)(H,58,64)/t31-,38+,41-,44+,48?,49?/m0/s1. The lowest BCUT2D eigenvalue weighted by atomic mass is 9.49. The third kappa shape index (κ3) is 11.6. The first-order valence-corrected chi connectivity index (χ1v) is 25.0. The minimum absolute atomic E-state index is 0.0139. The third-order valence-corrected chi connectivity index (χ3v) is 15.3. The summed E-state index contributed by atoms with van der Waals surface area (Å²) in [5.74, 6) is -1.31. The van der Waals surface area contributed by atoms with Gasteiger partial charge in [0, 0.05) is 79.9 Å². The van der Waals surface area contributed by atoms with Crippen molar-refractivity contribution in [2.75, 3.05) is 57.4 Å². The van der Waals surface area contributed by atoms with Crippen molar-refractivity contribution in [1.82, 2.24) is 30.7 Å². The molecule has 3 aromatic carbocycles. The van der Waals surface area contributed by atoms with E-state index in [0.717, 1.165) is 53.6 Å². The van der Waals surface area contributed by atoms with Crippen LogP contribution in [0, 0.1) is 29.1 Å². The van der Waals surface area contributed by atoms with Gasteiger partial charge in [0.2, 0.25) is 17.7 Å². The van der Waals surface area contributed by atoms with Gasteiger partial charge in [-0.3, -0.25) is 24.1 Å². The van der Waals surface area contributed by atoms with Crippen LogP contribution < -0.4 is 25.6 Å². The maximum atomic E-state index is 14.0. The van der Waals surface area contributed by atoms with E-state index in [1.54, 1.807) is 35.0 Å². The van der Waals surface area contributed by atoms with Gasteiger partial charge < -0.3 is 45.4 Å². The number of aryl methyl sites for hydroxylation is 1. The zero-order valence-electron chi connectivity index (χ0n) is 41.1. The number of β-amino-alcohol motifs (C(OH)–C–C–N with tert-alkyl or cyclic N) is 1. The van der Waals surface area contributed by atoms with Crippen LogP contribution in [0.1, 0.15) is 88.1 Å². The number of aliphatic hydroxyl groups is 2. The van der Waals surface area contributed by atoms with E-state index in [1.165, 1.54) is 18.7 Å². The second-order valence-corrected chi connectivity index (χ2v) is 21.7. The van der Waals surface area contributed by atoms with Gasteiger partial charge in [-0.05, 0) is 75.2 Å². The molecule has 70 heavy (non-hydrogen) atoms. The van der Waals surface area contributed by atoms with Crippen LogP contribution in [-0.2, 0) is 19.1 Å². The number of likely N-dealkylation sites (tertiary alicyclic amines) is 1. The number of ether oxygens (including phenoxy) is 2. The molecule has 0 radical (unpaired) electrons. The number of piperazine rings is 1. The van der Waals surface area contributed by atoms with E-state index in [4.69, 9.17) is 21.1 Å². The van der Waals surface area contributed by atoms with Gasteiger partial charge in [-0.25, -0.2) is 4.98 Å². The van der Waals surface area contributed by atoms with Crippen molar-refractivity contribution < 1.29 is 38.9 Å². The first-order chi connectivity index (χ1) is 33.1.